The molecule has 0 saturated carbocycles. The Morgan fingerprint density at radius 3 is 2.57 bits per heavy atom. The van der Waals surface area contributed by atoms with Gasteiger partial charge in [0.05, 0.1) is 17.7 Å². The van der Waals surface area contributed by atoms with Crippen LogP contribution in [-0.2, 0) is 11.3 Å². The van der Waals surface area contributed by atoms with Gasteiger partial charge in [-0.15, -0.1) is 0 Å². The van der Waals surface area contributed by atoms with Crippen molar-refractivity contribution in [2.45, 2.75) is 13.5 Å². The Morgan fingerprint density at radius 2 is 1.78 bits per heavy atom. The van der Waals surface area contributed by atoms with Gasteiger partial charge in [-0.2, -0.15) is 0 Å². The first-order chi connectivity index (χ1) is 11.3. The van der Waals surface area contributed by atoms with E-state index in [2.05, 4.69) is 4.98 Å². The maximum atomic E-state index is 11.6. The zero-order valence-electron chi connectivity index (χ0n) is 12.9. The van der Waals surface area contributed by atoms with E-state index in [-0.39, 0.29) is 5.97 Å². The van der Waals surface area contributed by atoms with E-state index in [1.807, 2.05) is 48.5 Å². The third-order valence-electron chi connectivity index (χ3n) is 3.42. The van der Waals surface area contributed by atoms with Gasteiger partial charge in [-0.05, 0) is 36.8 Å². The number of hydrogen-bond donors (Lipinski definition) is 0. The fraction of sp³-hybridized carbons (Fsp3) is 0.158. The minimum atomic E-state index is -0.309. The summed E-state index contributed by atoms with van der Waals surface area (Å²) in [5.41, 5.74) is 2.41. The molecule has 0 fully saturated rings. The topological polar surface area (TPSA) is 48.4 Å². The van der Waals surface area contributed by atoms with E-state index < -0.39 is 0 Å². The number of carbonyl (C=O) groups excluding carboxylic acids is 1. The summed E-state index contributed by atoms with van der Waals surface area (Å²) >= 11 is 0. The van der Waals surface area contributed by atoms with E-state index in [4.69, 9.17) is 9.47 Å². The predicted octanol–water partition coefficient (Wildman–Crippen LogP) is 3.99. The zero-order chi connectivity index (χ0) is 16.1. The second-order valence-corrected chi connectivity index (χ2v) is 5.05. The molecule has 1 heterocycles. The number of nitrogens with zero attached hydrogens (tertiary/aromatic N) is 1. The van der Waals surface area contributed by atoms with Gasteiger partial charge in [-0.25, -0.2) is 9.78 Å². The summed E-state index contributed by atoms with van der Waals surface area (Å²) in [6.07, 6.45) is 0. The molecule has 2 aromatic carbocycles. The summed E-state index contributed by atoms with van der Waals surface area (Å²) in [5.74, 6) is 0.273. The Balaban J connectivity index is 1.66. The quantitative estimate of drug-likeness (QED) is 0.669. The minimum Gasteiger partial charge on any atom is -0.473 e. The number of fused-ring (bicyclic) bond motifs is 1. The van der Waals surface area contributed by atoms with Crippen LogP contribution >= 0.6 is 0 Å². The highest BCUT2D eigenvalue weighted by atomic mass is 16.5. The lowest BCUT2D eigenvalue weighted by Crippen LogP contribution is -2.05. The van der Waals surface area contributed by atoms with Gasteiger partial charge in [0.15, 0.2) is 0 Å². The molecule has 0 N–H and O–H groups in total. The van der Waals surface area contributed by atoms with Crippen LogP contribution < -0.4 is 4.74 Å². The molecule has 0 unspecified atom stereocenters. The Bertz CT molecular complexity index is 812. The fourth-order valence-corrected chi connectivity index (χ4v) is 2.24. The molecule has 3 rings (SSSR count). The second-order valence-electron chi connectivity index (χ2n) is 5.05. The van der Waals surface area contributed by atoms with Crippen molar-refractivity contribution in [1.82, 2.24) is 4.98 Å². The molecule has 23 heavy (non-hydrogen) atoms. The number of para-hydroxylation sites is 1. The monoisotopic (exact) mass is 307 g/mol. The highest BCUT2D eigenvalue weighted by Gasteiger charge is 2.06. The average Bonchev–Trinajstić information content (AvgIpc) is 2.60. The lowest BCUT2D eigenvalue weighted by atomic mass is 10.1. The van der Waals surface area contributed by atoms with Crippen molar-refractivity contribution in [3.8, 4) is 5.88 Å². The number of benzene rings is 2. The number of pyridine rings is 1. The molecule has 0 amide bonds. The highest BCUT2D eigenvalue weighted by Crippen LogP contribution is 2.17. The molecule has 0 aliphatic heterocycles. The van der Waals surface area contributed by atoms with Gasteiger partial charge in [0.25, 0.3) is 0 Å². The van der Waals surface area contributed by atoms with E-state index in [9.17, 15) is 4.79 Å². The Hall–Kier alpha value is -2.88. The number of aromatic nitrogens is 1. The summed E-state index contributed by atoms with van der Waals surface area (Å²) in [6.45, 7) is 2.56. The normalized spacial score (nSPS) is 10.5. The first-order valence-electron chi connectivity index (χ1n) is 7.51. The number of rotatable bonds is 5. The van der Waals surface area contributed by atoms with Gasteiger partial charge < -0.3 is 9.47 Å². The first-order valence-corrected chi connectivity index (χ1v) is 7.51. The minimum absolute atomic E-state index is 0.309. The summed E-state index contributed by atoms with van der Waals surface area (Å²) in [5, 5.41) is 1.08. The maximum Gasteiger partial charge on any atom is 0.338 e. The fourth-order valence-electron chi connectivity index (χ4n) is 2.24. The second kappa shape index (κ2) is 6.92. The lowest BCUT2D eigenvalue weighted by molar-refractivity contribution is 0.0526. The van der Waals surface area contributed by atoms with Crippen LogP contribution in [0, 0.1) is 0 Å². The summed E-state index contributed by atoms with van der Waals surface area (Å²) in [7, 11) is 0. The van der Waals surface area contributed by atoms with Crippen LogP contribution in [0.1, 0.15) is 22.8 Å². The molecule has 0 radical (unpaired) electrons. The largest absolute Gasteiger partial charge is 0.473 e. The number of hydrogen-bond acceptors (Lipinski definition) is 4. The van der Waals surface area contributed by atoms with E-state index in [0.717, 1.165) is 16.5 Å². The lowest BCUT2D eigenvalue weighted by Gasteiger charge is -2.07. The number of esters is 1. The van der Waals surface area contributed by atoms with Crippen molar-refractivity contribution in [2.75, 3.05) is 6.61 Å². The van der Waals surface area contributed by atoms with E-state index in [1.165, 1.54) is 0 Å². The van der Waals surface area contributed by atoms with Crippen molar-refractivity contribution in [1.29, 1.82) is 0 Å². The molecular weight excluding hydrogens is 290 g/mol. The van der Waals surface area contributed by atoms with E-state index in [0.29, 0.717) is 24.7 Å². The van der Waals surface area contributed by atoms with E-state index in [1.54, 1.807) is 19.1 Å². The van der Waals surface area contributed by atoms with Crippen LogP contribution in [0.4, 0.5) is 0 Å². The van der Waals surface area contributed by atoms with Crippen LogP contribution in [-0.4, -0.2) is 17.6 Å². The third-order valence-corrected chi connectivity index (χ3v) is 3.42. The zero-order valence-corrected chi connectivity index (χ0v) is 12.9. The van der Waals surface area contributed by atoms with E-state index >= 15 is 0 Å². The smallest absolute Gasteiger partial charge is 0.338 e. The summed E-state index contributed by atoms with van der Waals surface area (Å²) in [4.78, 5) is 16.1. The van der Waals surface area contributed by atoms with Crippen molar-refractivity contribution < 1.29 is 14.3 Å². The standard InChI is InChI=1S/C19H17NO3/c1-2-22-19(21)16-9-7-14(8-10-16)13-23-18-12-11-15-5-3-4-6-17(15)20-18/h3-12H,2,13H2,1H3. The molecule has 116 valence electrons. The number of ether oxygens (including phenoxy) is 2. The number of carbonyl (C=O) groups is 1. The summed E-state index contributed by atoms with van der Waals surface area (Å²) in [6, 6.07) is 18.9. The van der Waals surface area contributed by atoms with Gasteiger partial charge in [0.1, 0.15) is 6.61 Å². The molecule has 0 atom stereocenters. The molecule has 0 spiro atoms. The van der Waals surface area contributed by atoms with Crippen LogP contribution in [0.15, 0.2) is 60.7 Å². The molecule has 0 saturated heterocycles. The van der Waals surface area contributed by atoms with Gasteiger partial charge in [-0.3, -0.25) is 0 Å². The van der Waals surface area contributed by atoms with Crippen LogP contribution in [0.25, 0.3) is 10.9 Å². The van der Waals surface area contributed by atoms with Crippen LogP contribution in [0.5, 0.6) is 5.88 Å². The third kappa shape index (κ3) is 3.66. The molecule has 4 heteroatoms. The van der Waals surface area contributed by atoms with Gasteiger partial charge in [0, 0.05) is 11.5 Å². The molecular formula is C19H17NO3. The maximum absolute atomic E-state index is 11.6. The predicted molar refractivity (Wildman–Crippen MR) is 88.5 cm³/mol. The molecule has 0 aliphatic rings. The molecule has 3 aromatic rings. The summed E-state index contributed by atoms with van der Waals surface area (Å²) < 4.78 is 10.7. The van der Waals surface area contributed by atoms with Crippen molar-refractivity contribution in [2.24, 2.45) is 0 Å². The molecule has 0 aliphatic carbocycles. The average molecular weight is 307 g/mol. The highest BCUT2D eigenvalue weighted by molar-refractivity contribution is 5.89. The molecule has 4 nitrogen and oxygen atoms in total. The van der Waals surface area contributed by atoms with Crippen LogP contribution in [0.3, 0.4) is 0 Å². The molecule has 1 aromatic heterocycles. The van der Waals surface area contributed by atoms with Gasteiger partial charge in [-0.1, -0.05) is 30.3 Å². The Morgan fingerprint density at radius 1 is 1.00 bits per heavy atom. The van der Waals surface area contributed by atoms with Crippen LogP contribution in [0.2, 0.25) is 0 Å². The first kappa shape index (κ1) is 15.0. The SMILES string of the molecule is CCOC(=O)c1ccc(COc2ccc3ccccc3n2)cc1. The van der Waals surface area contributed by atoms with Crippen molar-refractivity contribution in [3.05, 3.63) is 71.8 Å². The van der Waals surface area contributed by atoms with Crippen molar-refractivity contribution in [3.63, 3.8) is 0 Å². The van der Waals surface area contributed by atoms with Gasteiger partial charge in [0.2, 0.25) is 5.88 Å². The Kier molecular flexibility index (Phi) is 4.52. The van der Waals surface area contributed by atoms with Crippen molar-refractivity contribution >= 4 is 16.9 Å². The Labute approximate surface area is 134 Å². The molecule has 0 bridgehead atoms. The van der Waals surface area contributed by atoms with Gasteiger partial charge >= 0.3 is 5.97 Å².